The summed E-state index contributed by atoms with van der Waals surface area (Å²) < 4.78 is 0. The van der Waals surface area contributed by atoms with E-state index >= 15 is 0 Å². The van der Waals surface area contributed by atoms with Crippen molar-refractivity contribution in [3.63, 3.8) is 0 Å². The zero-order valence-electron chi connectivity index (χ0n) is 7.88. The molecule has 1 heterocycles. The Morgan fingerprint density at radius 2 is 2.08 bits per heavy atom. The van der Waals surface area contributed by atoms with Crippen molar-refractivity contribution in [3.05, 3.63) is 16.5 Å². The van der Waals surface area contributed by atoms with Crippen LogP contribution in [0.5, 0.6) is 0 Å². The van der Waals surface area contributed by atoms with Gasteiger partial charge in [0.05, 0.1) is 0 Å². The number of hydrogen-bond acceptors (Lipinski definition) is 5. The first-order valence-corrected chi connectivity index (χ1v) is 3.93. The smallest absolute Gasteiger partial charge is 0.158 e. The maximum Gasteiger partial charge on any atom is 0.158 e. The Balaban J connectivity index is 3.28. The highest BCUT2D eigenvalue weighted by Crippen LogP contribution is 2.28. The van der Waals surface area contributed by atoms with Crippen LogP contribution in [0.25, 0.3) is 0 Å². The first-order valence-electron chi connectivity index (χ1n) is 3.93. The molecule has 13 heavy (non-hydrogen) atoms. The maximum absolute atomic E-state index is 10.5. The highest BCUT2D eigenvalue weighted by atomic mass is 16.3. The molecular formula is C8H12N4O. The third-order valence-corrected chi connectivity index (χ3v) is 1.77. The van der Waals surface area contributed by atoms with Crippen molar-refractivity contribution >= 4 is 17.3 Å². The second-order valence-corrected chi connectivity index (χ2v) is 2.61. The van der Waals surface area contributed by atoms with Gasteiger partial charge in [-0.2, -0.15) is 0 Å². The van der Waals surface area contributed by atoms with E-state index in [1.807, 2.05) is 6.92 Å². The Hall–Kier alpha value is -1.65. The number of aromatic nitrogens is 1. The molecule has 5 nitrogen and oxygen atoms in total. The summed E-state index contributed by atoms with van der Waals surface area (Å²) in [6, 6.07) is 1.78. The summed E-state index contributed by atoms with van der Waals surface area (Å²) >= 11 is 0. The third kappa shape index (κ3) is 1.74. The molecule has 0 aromatic carbocycles. The van der Waals surface area contributed by atoms with E-state index in [0.717, 1.165) is 5.56 Å². The predicted octanol–water partition coefficient (Wildman–Crippen LogP) is 1.87. The monoisotopic (exact) mass is 180 g/mol. The van der Waals surface area contributed by atoms with Crippen LogP contribution in [0.1, 0.15) is 5.56 Å². The lowest BCUT2D eigenvalue weighted by Crippen LogP contribution is -1.99. The van der Waals surface area contributed by atoms with E-state index in [9.17, 15) is 4.91 Å². The molecule has 2 N–H and O–H groups in total. The quantitative estimate of drug-likeness (QED) is 0.697. The molecule has 0 unspecified atom stereocenters. The van der Waals surface area contributed by atoms with Crippen LogP contribution in [0.2, 0.25) is 0 Å². The van der Waals surface area contributed by atoms with E-state index in [4.69, 9.17) is 0 Å². The third-order valence-electron chi connectivity index (χ3n) is 1.77. The zero-order chi connectivity index (χ0) is 9.84. The predicted molar refractivity (Wildman–Crippen MR) is 53.5 cm³/mol. The van der Waals surface area contributed by atoms with Gasteiger partial charge < -0.3 is 10.6 Å². The van der Waals surface area contributed by atoms with Crippen LogP contribution in [0, 0.1) is 11.8 Å². The molecule has 1 aromatic rings. The molecule has 0 atom stereocenters. The van der Waals surface area contributed by atoms with Crippen LogP contribution in [0.15, 0.2) is 11.2 Å². The van der Waals surface area contributed by atoms with E-state index < -0.39 is 0 Å². The molecule has 1 aromatic heterocycles. The van der Waals surface area contributed by atoms with Crippen molar-refractivity contribution in [2.24, 2.45) is 5.18 Å². The molecule has 0 saturated carbocycles. The van der Waals surface area contributed by atoms with Gasteiger partial charge in [0.15, 0.2) is 11.5 Å². The van der Waals surface area contributed by atoms with Crippen molar-refractivity contribution in [2.45, 2.75) is 6.92 Å². The summed E-state index contributed by atoms with van der Waals surface area (Å²) in [5.74, 6) is 1.22. The second kappa shape index (κ2) is 3.84. The molecule has 0 aliphatic carbocycles. The SMILES string of the molecule is CNc1cc(C)c(N=O)c(NC)n1. The minimum Gasteiger partial charge on any atom is -0.373 e. The van der Waals surface area contributed by atoms with Gasteiger partial charge in [0, 0.05) is 14.1 Å². The number of nitroso groups, excluding NO2 is 1. The highest BCUT2D eigenvalue weighted by molar-refractivity contribution is 5.67. The summed E-state index contributed by atoms with van der Waals surface area (Å²) in [4.78, 5) is 14.6. The summed E-state index contributed by atoms with van der Waals surface area (Å²) in [6.07, 6.45) is 0. The maximum atomic E-state index is 10.5. The number of anilines is 2. The van der Waals surface area contributed by atoms with Crippen molar-refractivity contribution < 1.29 is 0 Å². The number of pyridine rings is 1. The summed E-state index contributed by atoms with van der Waals surface area (Å²) in [7, 11) is 3.48. The summed E-state index contributed by atoms with van der Waals surface area (Å²) in [5, 5.41) is 8.63. The fourth-order valence-electron chi connectivity index (χ4n) is 1.08. The molecular weight excluding hydrogens is 168 g/mol. The van der Waals surface area contributed by atoms with Crippen LogP contribution in [-0.4, -0.2) is 19.1 Å². The van der Waals surface area contributed by atoms with E-state index in [0.29, 0.717) is 17.3 Å². The molecule has 0 aliphatic rings. The second-order valence-electron chi connectivity index (χ2n) is 2.61. The Labute approximate surface area is 76.5 Å². The van der Waals surface area contributed by atoms with E-state index in [1.165, 1.54) is 0 Å². The van der Waals surface area contributed by atoms with Gasteiger partial charge in [-0.05, 0) is 23.7 Å². The zero-order valence-corrected chi connectivity index (χ0v) is 7.88. The normalized spacial score (nSPS) is 9.46. The van der Waals surface area contributed by atoms with Crippen molar-refractivity contribution in [2.75, 3.05) is 24.7 Å². The molecule has 0 bridgehead atoms. The van der Waals surface area contributed by atoms with Crippen molar-refractivity contribution in [3.8, 4) is 0 Å². The molecule has 0 spiro atoms. The average Bonchev–Trinajstić information content (AvgIpc) is 2.16. The molecule has 0 aliphatic heterocycles. The number of nitrogens with zero attached hydrogens (tertiary/aromatic N) is 2. The molecule has 5 heteroatoms. The van der Waals surface area contributed by atoms with Crippen molar-refractivity contribution in [1.82, 2.24) is 4.98 Å². The van der Waals surface area contributed by atoms with Crippen LogP contribution in [-0.2, 0) is 0 Å². The van der Waals surface area contributed by atoms with Crippen LogP contribution >= 0.6 is 0 Å². The van der Waals surface area contributed by atoms with Gasteiger partial charge in [0.1, 0.15) is 5.82 Å². The van der Waals surface area contributed by atoms with Gasteiger partial charge in [-0.25, -0.2) is 4.98 Å². The van der Waals surface area contributed by atoms with Gasteiger partial charge in [-0.3, -0.25) is 0 Å². The Morgan fingerprint density at radius 3 is 2.54 bits per heavy atom. The minimum atomic E-state index is 0.363. The van der Waals surface area contributed by atoms with Gasteiger partial charge in [-0.1, -0.05) is 0 Å². The lowest BCUT2D eigenvalue weighted by molar-refractivity contribution is 1.22. The standard InChI is InChI=1S/C8H12N4O/c1-5-4-6(9-2)11-8(10-3)7(5)12-13/h4H,1-3H3,(H2,9,10,11). The molecule has 0 fully saturated rings. The first-order chi connectivity index (χ1) is 6.22. The topological polar surface area (TPSA) is 66.4 Å². The average molecular weight is 180 g/mol. The number of aryl methyl sites for hydroxylation is 1. The van der Waals surface area contributed by atoms with Crippen LogP contribution in [0.4, 0.5) is 17.3 Å². The Kier molecular flexibility index (Phi) is 2.79. The molecule has 0 amide bonds. The van der Waals surface area contributed by atoms with Gasteiger partial charge in [-0.15, -0.1) is 4.91 Å². The lowest BCUT2D eigenvalue weighted by Gasteiger charge is -2.07. The lowest BCUT2D eigenvalue weighted by atomic mass is 10.2. The molecule has 0 radical (unpaired) electrons. The van der Waals surface area contributed by atoms with Crippen molar-refractivity contribution in [1.29, 1.82) is 0 Å². The molecule has 0 saturated heterocycles. The minimum absolute atomic E-state index is 0.363. The Morgan fingerprint density at radius 1 is 1.38 bits per heavy atom. The Bertz CT molecular complexity index is 324. The summed E-state index contributed by atoms with van der Waals surface area (Å²) in [5.41, 5.74) is 1.17. The number of rotatable bonds is 3. The largest absolute Gasteiger partial charge is 0.373 e. The van der Waals surface area contributed by atoms with Gasteiger partial charge in [0.25, 0.3) is 0 Å². The van der Waals surface area contributed by atoms with Crippen LogP contribution < -0.4 is 10.6 Å². The number of hydrogen-bond donors (Lipinski definition) is 2. The van der Waals surface area contributed by atoms with Gasteiger partial charge >= 0.3 is 0 Å². The first kappa shape index (κ1) is 9.44. The van der Waals surface area contributed by atoms with E-state index in [1.54, 1.807) is 20.2 Å². The number of nitrogens with one attached hydrogen (secondary N) is 2. The fraction of sp³-hybridized carbons (Fsp3) is 0.375. The van der Waals surface area contributed by atoms with E-state index in [-0.39, 0.29) is 0 Å². The highest BCUT2D eigenvalue weighted by Gasteiger charge is 2.08. The summed E-state index contributed by atoms with van der Waals surface area (Å²) in [6.45, 7) is 1.82. The van der Waals surface area contributed by atoms with E-state index in [2.05, 4.69) is 20.8 Å². The molecule has 1 rings (SSSR count). The molecule has 70 valence electrons. The van der Waals surface area contributed by atoms with Crippen LogP contribution in [0.3, 0.4) is 0 Å². The fourth-order valence-corrected chi connectivity index (χ4v) is 1.08. The van der Waals surface area contributed by atoms with Gasteiger partial charge in [0.2, 0.25) is 0 Å².